The molecule has 7 heteroatoms. The second-order valence-electron chi connectivity index (χ2n) is 5.39. The highest BCUT2D eigenvalue weighted by molar-refractivity contribution is 5.94. The van der Waals surface area contributed by atoms with E-state index < -0.39 is 5.97 Å². The number of amides is 1. The zero-order chi connectivity index (χ0) is 19.1. The molecule has 1 amide bonds. The summed E-state index contributed by atoms with van der Waals surface area (Å²) < 4.78 is 15.8. The van der Waals surface area contributed by atoms with Gasteiger partial charge in [0, 0.05) is 6.42 Å². The summed E-state index contributed by atoms with van der Waals surface area (Å²) in [6.45, 7) is 0. The summed E-state index contributed by atoms with van der Waals surface area (Å²) in [7, 11) is 4.46. The van der Waals surface area contributed by atoms with E-state index in [1.54, 1.807) is 30.3 Å². The van der Waals surface area contributed by atoms with Gasteiger partial charge in [0.25, 0.3) is 0 Å². The Morgan fingerprint density at radius 1 is 0.962 bits per heavy atom. The quantitative estimate of drug-likeness (QED) is 0.752. The van der Waals surface area contributed by atoms with E-state index in [0.717, 1.165) is 0 Å². The van der Waals surface area contributed by atoms with E-state index in [-0.39, 0.29) is 17.9 Å². The van der Waals surface area contributed by atoms with Crippen molar-refractivity contribution in [1.82, 2.24) is 0 Å². The van der Waals surface area contributed by atoms with Gasteiger partial charge in [-0.1, -0.05) is 18.2 Å². The summed E-state index contributed by atoms with van der Waals surface area (Å²) in [6, 6.07) is 9.94. The summed E-state index contributed by atoms with van der Waals surface area (Å²) in [5.74, 6) is -0.0637. The molecule has 0 aliphatic rings. The third kappa shape index (κ3) is 4.24. The molecule has 138 valence electrons. The van der Waals surface area contributed by atoms with Crippen LogP contribution in [0.15, 0.2) is 36.4 Å². The second kappa shape index (κ2) is 8.75. The lowest BCUT2D eigenvalue weighted by Gasteiger charge is -2.16. The molecule has 26 heavy (non-hydrogen) atoms. The average molecular weight is 359 g/mol. The van der Waals surface area contributed by atoms with Crippen LogP contribution in [-0.2, 0) is 11.2 Å². The van der Waals surface area contributed by atoms with Crippen LogP contribution in [0.4, 0.5) is 5.69 Å². The summed E-state index contributed by atoms with van der Waals surface area (Å²) >= 11 is 0. The van der Waals surface area contributed by atoms with E-state index in [1.807, 2.05) is 0 Å². The van der Waals surface area contributed by atoms with Crippen molar-refractivity contribution in [2.45, 2.75) is 12.8 Å². The third-order valence-electron chi connectivity index (χ3n) is 3.85. The lowest BCUT2D eigenvalue weighted by Crippen LogP contribution is -2.14. The molecule has 0 heterocycles. The Kier molecular flexibility index (Phi) is 6.43. The van der Waals surface area contributed by atoms with Gasteiger partial charge in [0.2, 0.25) is 11.7 Å². The molecule has 0 spiro atoms. The number of anilines is 1. The molecule has 2 N–H and O–H groups in total. The molecule has 0 aliphatic heterocycles. The first-order valence-electron chi connectivity index (χ1n) is 7.91. The number of hydrogen-bond donors (Lipinski definition) is 2. The number of carboxylic acid groups (broad SMARTS) is 1. The van der Waals surface area contributed by atoms with Gasteiger partial charge < -0.3 is 24.6 Å². The predicted octanol–water partition coefficient (Wildman–Crippen LogP) is 2.98. The van der Waals surface area contributed by atoms with Crippen LogP contribution in [0.2, 0.25) is 0 Å². The van der Waals surface area contributed by atoms with Crippen LogP contribution in [0.5, 0.6) is 17.2 Å². The highest BCUT2D eigenvalue weighted by atomic mass is 16.5. The number of hydrogen-bond acceptors (Lipinski definition) is 5. The fraction of sp³-hybridized carbons (Fsp3) is 0.263. The number of carboxylic acids is 1. The van der Waals surface area contributed by atoms with Gasteiger partial charge in [0.1, 0.15) is 0 Å². The molecule has 2 aromatic carbocycles. The molecule has 2 rings (SSSR count). The monoisotopic (exact) mass is 359 g/mol. The van der Waals surface area contributed by atoms with Gasteiger partial charge in [-0.3, -0.25) is 4.79 Å². The average Bonchev–Trinajstić information content (AvgIpc) is 2.65. The van der Waals surface area contributed by atoms with Crippen molar-refractivity contribution in [1.29, 1.82) is 0 Å². The largest absolute Gasteiger partial charge is 0.493 e. The SMILES string of the molecule is COc1ccc(NC(=O)CCc2ccccc2C(=O)O)c(OC)c1OC. The van der Waals surface area contributed by atoms with Gasteiger partial charge in [0.15, 0.2) is 11.5 Å². The number of aryl methyl sites for hydroxylation is 1. The smallest absolute Gasteiger partial charge is 0.335 e. The fourth-order valence-corrected chi connectivity index (χ4v) is 2.61. The molecular formula is C19H21NO6. The number of carbonyl (C=O) groups excluding carboxylic acids is 1. The molecule has 7 nitrogen and oxygen atoms in total. The number of ether oxygens (including phenoxy) is 3. The highest BCUT2D eigenvalue weighted by Crippen LogP contribution is 2.42. The molecule has 0 aromatic heterocycles. The van der Waals surface area contributed by atoms with Crippen LogP contribution in [0.1, 0.15) is 22.3 Å². The number of benzene rings is 2. The molecule has 0 fully saturated rings. The standard InChI is InChI=1S/C19H21NO6/c1-24-15-10-9-14(17(25-2)18(15)26-3)20-16(21)11-8-12-6-4-5-7-13(12)19(22)23/h4-7,9-10H,8,11H2,1-3H3,(H,20,21)(H,22,23). The minimum atomic E-state index is -1.01. The predicted molar refractivity (Wildman–Crippen MR) is 96.5 cm³/mol. The summed E-state index contributed by atoms with van der Waals surface area (Å²) in [4.78, 5) is 23.5. The number of carbonyl (C=O) groups is 2. The van der Waals surface area contributed by atoms with E-state index >= 15 is 0 Å². The molecule has 0 saturated heterocycles. The lowest BCUT2D eigenvalue weighted by molar-refractivity contribution is -0.116. The third-order valence-corrected chi connectivity index (χ3v) is 3.85. The molecule has 0 bridgehead atoms. The van der Waals surface area contributed by atoms with Crippen molar-refractivity contribution in [2.24, 2.45) is 0 Å². The maximum absolute atomic E-state index is 12.3. The van der Waals surface area contributed by atoms with Crippen LogP contribution in [0, 0.1) is 0 Å². The summed E-state index contributed by atoms with van der Waals surface area (Å²) in [6.07, 6.45) is 0.436. The van der Waals surface area contributed by atoms with Gasteiger partial charge >= 0.3 is 5.97 Å². The first-order chi connectivity index (χ1) is 12.5. The number of methoxy groups -OCH3 is 3. The summed E-state index contributed by atoms with van der Waals surface area (Å²) in [5, 5.41) is 12.0. The van der Waals surface area contributed by atoms with Gasteiger partial charge in [-0.15, -0.1) is 0 Å². The number of rotatable bonds is 8. The van der Waals surface area contributed by atoms with Gasteiger partial charge in [-0.25, -0.2) is 4.79 Å². The molecule has 0 radical (unpaired) electrons. The maximum Gasteiger partial charge on any atom is 0.335 e. The molecular weight excluding hydrogens is 338 g/mol. The molecule has 0 aliphatic carbocycles. The van der Waals surface area contributed by atoms with Crippen LogP contribution >= 0.6 is 0 Å². The van der Waals surface area contributed by atoms with Gasteiger partial charge in [-0.05, 0) is 30.2 Å². The molecule has 2 aromatic rings. The Morgan fingerprint density at radius 2 is 1.65 bits per heavy atom. The van der Waals surface area contributed by atoms with Crippen molar-refractivity contribution in [3.05, 3.63) is 47.5 Å². The minimum Gasteiger partial charge on any atom is -0.493 e. The first kappa shape index (κ1) is 19.1. The zero-order valence-corrected chi connectivity index (χ0v) is 14.9. The van der Waals surface area contributed by atoms with Crippen LogP contribution in [-0.4, -0.2) is 38.3 Å². The van der Waals surface area contributed by atoms with E-state index in [9.17, 15) is 14.7 Å². The Morgan fingerprint density at radius 3 is 2.27 bits per heavy atom. The van der Waals surface area contributed by atoms with E-state index in [2.05, 4.69) is 5.32 Å². The number of nitrogens with one attached hydrogen (secondary N) is 1. The van der Waals surface area contributed by atoms with Crippen molar-refractivity contribution < 1.29 is 28.9 Å². The van der Waals surface area contributed by atoms with Crippen LogP contribution < -0.4 is 19.5 Å². The Balaban J connectivity index is 2.13. The highest BCUT2D eigenvalue weighted by Gasteiger charge is 2.18. The minimum absolute atomic E-state index is 0.127. The van der Waals surface area contributed by atoms with Crippen molar-refractivity contribution >= 4 is 17.6 Å². The van der Waals surface area contributed by atoms with Crippen molar-refractivity contribution in [3.8, 4) is 17.2 Å². The van der Waals surface area contributed by atoms with Gasteiger partial charge in [-0.2, -0.15) is 0 Å². The topological polar surface area (TPSA) is 94.1 Å². The number of aromatic carboxylic acids is 1. The fourth-order valence-electron chi connectivity index (χ4n) is 2.61. The molecule has 0 unspecified atom stereocenters. The van der Waals surface area contributed by atoms with Crippen LogP contribution in [0.25, 0.3) is 0 Å². The maximum atomic E-state index is 12.3. The van der Waals surface area contributed by atoms with Crippen molar-refractivity contribution in [2.75, 3.05) is 26.6 Å². The van der Waals surface area contributed by atoms with Gasteiger partial charge in [0.05, 0.1) is 32.6 Å². The normalized spacial score (nSPS) is 10.1. The Bertz CT molecular complexity index is 803. The zero-order valence-electron chi connectivity index (χ0n) is 14.9. The van der Waals surface area contributed by atoms with Crippen molar-refractivity contribution in [3.63, 3.8) is 0 Å². The molecule has 0 saturated carbocycles. The molecule has 0 atom stereocenters. The first-order valence-corrected chi connectivity index (χ1v) is 7.91. The Hall–Kier alpha value is -3.22. The second-order valence-corrected chi connectivity index (χ2v) is 5.39. The van der Waals surface area contributed by atoms with Crippen LogP contribution in [0.3, 0.4) is 0 Å². The summed E-state index contributed by atoms with van der Waals surface area (Å²) in [5.41, 5.74) is 1.25. The van der Waals surface area contributed by atoms with E-state index in [1.165, 1.54) is 27.4 Å². The Labute approximate surface area is 151 Å². The van der Waals surface area contributed by atoms with E-state index in [0.29, 0.717) is 34.9 Å². The van der Waals surface area contributed by atoms with E-state index in [4.69, 9.17) is 14.2 Å². The lowest BCUT2D eigenvalue weighted by atomic mass is 10.0.